The molecule has 2 fully saturated rings. The minimum atomic E-state index is 0.261. The Morgan fingerprint density at radius 3 is 2.93 bits per heavy atom. The molecule has 152 valence electrons. The second kappa shape index (κ2) is 6.91. The van der Waals surface area contributed by atoms with Crippen LogP contribution < -0.4 is 4.90 Å². The second-order valence-electron chi connectivity index (χ2n) is 8.09. The van der Waals surface area contributed by atoms with Crippen LogP contribution in [0.4, 0.5) is 5.82 Å². The fourth-order valence-electron chi connectivity index (χ4n) is 4.31. The summed E-state index contributed by atoms with van der Waals surface area (Å²) in [6.45, 7) is 4.41. The molecule has 1 saturated heterocycles. The van der Waals surface area contributed by atoms with Gasteiger partial charge in [-0.15, -0.1) is 0 Å². The van der Waals surface area contributed by atoms with Crippen LogP contribution >= 0.6 is 0 Å². The molecule has 1 aliphatic heterocycles. The molecule has 8 nitrogen and oxygen atoms in total. The average Bonchev–Trinajstić information content (AvgIpc) is 3.26. The van der Waals surface area contributed by atoms with Crippen LogP contribution in [-0.4, -0.2) is 55.5 Å². The third-order valence-electron chi connectivity index (χ3n) is 6.01. The minimum absolute atomic E-state index is 0.261. The molecule has 0 bridgehead atoms. The fourth-order valence-corrected chi connectivity index (χ4v) is 4.31. The SMILES string of the molecule is C[C@@H]1COCCN1c1cc(-c2cncn2C2CC2)c2ccnc(-c3ccn[nH]3)c2n1. The molecule has 6 rings (SSSR count). The van der Waals surface area contributed by atoms with E-state index in [-0.39, 0.29) is 6.04 Å². The summed E-state index contributed by atoms with van der Waals surface area (Å²) in [4.78, 5) is 16.5. The lowest BCUT2D eigenvalue weighted by Gasteiger charge is -2.34. The quantitative estimate of drug-likeness (QED) is 0.564. The van der Waals surface area contributed by atoms with E-state index in [0.29, 0.717) is 19.3 Å². The summed E-state index contributed by atoms with van der Waals surface area (Å²) in [6, 6.07) is 7.00. The molecule has 0 amide bonds. The monoisotopic (exact) mass is 401 g/mol. The Kier molecular flexibility index (Phi) is 4.05. The fraction of sp³-hybridized carbons (Fsp3) is 0.364. The zero-order chi connectivity index (χ0) is 20.1. The summed E-state index contributed by atoms with van der Waals surface area (Å²) in [5, 5.41) is 8.23. The van der Waals surface area contributed by atoms with Crippen molar-refractivity contribution in [2.45, 2.75) is 31.8 Å². The average molecular weight is 401 g/mol. The van der Waals surface area contributed by atoms with Gasteiger partial charge in [-0.25, -0.2) is 9.97 Å². The summed E-state index contributed by atoms with van der Waals surface area (Å²) < 4.78 is 7.96. The van der Waals surface area contributed by atoms with Crippen molar-refractivity contribution in [1.29, 1.82) is 0 Å². The predicted molar refractivity (Wildman–Crippen MR) is 114 cm³/mol. The van der Waals surface area contributed by atoms with Crippen molar-refractivity contribution >= 4 is 16.7 Å². The molecule has 0 aromatic carbocycles. The van der Waals surface area contributed by atoms with Crippen LogP contribution in [-0.2, 0) is 4.74 Å². The lowest BCUT2D eigenvalue weighted by Crippen LogP contribution is -2.44. The van der Waals surface area contributed by atoms with Crippen LogP contribution in [0.5, 0.6) is 0 Å². The first kappa shape index (κ1) is 17.6. The largest absolute Gasteiger partial charge is 0.377 e. The van der Waals surface area contributed by atoms with Gasteiger partial charge in [-0.2, -0.15) is 5.10 Å². The Bertz CT molecular complexity index is 1200. The number of nitrogens with one attached hydrogen (secondary N) is 1. The molecule has 1 saturated carbocycles. The summed E-state index contributed by atoms with van der Waals surface area (Å²) in [5.41, 5.74) is 4.82. The number of aromatic nitrogens is 6. The van der Waals surface area contributed by atoms with E-state index in [0.717, 1.165) is 45.9 Å². The molecule has 8 heteroatoms. The third kappa shape index (κ3) is 2.87. The topological polar surface area (TPSA) is 84.8 Å². The summed E-state index contributed by atoms with van der Waals surface area (Å²) in [7, 11) is 0. The molecule has 30 heavy (non-hydrogen) atoms. The molecular weight excluding hydrogens is 378 g/mol. The van der Waals surface area contributed by atoms with Gasteiger partial charge in [0.25, 0.3) is 0 Å². The third-order valence-corrected chi connectivity index (χ3v) is 6.01. The summed E-state index contributed by atoms with van der Waals surface area (Å²) in [5.74, 6) is 0.950. The van der Waals surface area contributed by atoms with Gasteiger partial charge < -0.3 is 14.2 Å². The van der Waals surface area contributed by atoms with Crippen molar-refractivity contribution in [3.8, 4) is 22.6 Å². The number of fused-ring (bicyclic) bond motifs is 1. The first-order chi connectivity index (χ1) is 14.8. The van der Waals surface area contributed by atoms with Gasteiger partial charge in [-0.3, -0.25) is 10.1 Å². The maximum Gasteiger partial charge on any atom is 0.130 e. The maximum atomic E-state index is 5.66. The molecule has 1 atom stereocenters. The Morgan fingerprint density at radius 1 is 1.20 bits per heavy atom. The van der Waals surface area contributed by atoms with Gasteiger partial charge in [-0.05, 0) is 38.0 Å². The normalized spacial score (nSPS) is 19.5. The van der Waals surface area contributed by atoms with E-state index >= 15 is 0 Å². The Hall–Kier alpha value is -3.26. The number of anilines is 1. The Labute approximate surface area is 173 Å². The molecule has 1 aliphatic carbocycles. The highest BCUT2D eigenvalue weighted by Crippen LogP contribution is 2.41. The van der Waals surface area contributed by atoms with Crippen LogP contribution in [0.25, 0.3) is 33.5 Å². The van der Waals surface area contributed by atoms with Gasteiger partial charge in [0.05, 0.1) is 43.2 Å². The van der Waals surface area contributed by atoms with E-state index in [4.69, 9.17) is 9.72 Å². The van der Waals surface area contributed by atoms with Crippen LogP contribution in [0.15, 0.2) is 43.1 Å². The summed E-state index contributed by atoms with van der Waals surface area (Å²) >= 11 is 0. The van der Waals surface area contributed by atoms with Crippen molar-refractivity contribution in [3.05, 3.63) is 43.1 Å². The van der Waals surface area contributed by atoms with E-state index in [1.807, 2.05) is 30.9 Å². The van der Waals surface area contributed by atoms with Crippen molar-refractivity contribution in [1.82, 2.24) is 29.7 Å². The number of pyridine rings is 2. The molecule has 1 N–H and O–H groups in total. The van der Waals surface area contributed by atoms with Crippen LogP contribution in [0.1, 0.15) is 25.8 Å². The highest BCUT2D eigenvalue weighted by molar-refractivity contribution is 6.01. The van der Waals surface area contributed by atoms with Gasteiger partial charge in [0.1, 0.15) is 17.0 Å². The molecule has 4 aromatic heterocycles. The van der Waals surface area contributed by atoms with Crippen LogP contribution in [0, 0.1) is 0 Å². The lowest BCUT2D eigenvalue weighted by atomic mass is 10.0. The predicted octanol–water partition coefficient (Wildman–Crippen LogP) is 3.44. The van der Waals surface area contributed by atoms with E-state index in [1.165, 1.54) is 12.8 Å². The van der Waals surface area contributed by atoms with Crippen molar-refractivity contribution in [2.75, 3.05) is 24.7 Å². The van der Waals surface area contributed by atoms with Crippen molar-refractivity contribution in [3.63, 3.8) is 0 Å². The highest BCUT2D eigenvalue weighted by atomic mass is 16.5. The molecule has 5 heterocycles. The number of hydrogen-bond donors (Lipinski definition) is 1. The lowest BCUT2D eigenvalue weighted by molar-refractivity contribution is 0.0986. The molecule has 0 spiro atoms. The molecule has 2 aliphatic rings. The zero-order valence-electron chi connectivity index (χ0n) is 16.8. The molecule has 0 unspecified atom stereocenters. The Morgan fingerprint density at radius 2 is 2.13 bits per heavy atom. The van der Waals surface area contributed by atoms with Crippen LogP contribution in [0.2, 0.25) is 0 Å². The molecule has 4 aromatic rings. The maximum absolute atomic E-state index is 5.66. The Balaban J connectivity index is 1.61. The van der Waals surface area contributed by atoms with Gasteiger partial charge in [0.2, 0.25) is 0 Å². The molecular formula is C22H23N7O. The number of H-pyrrole nitrogens is 1. The number of aromatic amines is 1. The number of rotatable bonds is 4. The van der Waals surface area contributed by atoms with E-state index < -0.39 is 0 Å². The first-order valence-corrected chi connectivity index (χ1v) is 10.5. The molecule has 0 radical (unpaired) electrons. The van der Waals surface area contributed by atoms with Gasteiger partial charge in [0, 0.05) is 35.9 Å². The van der Waals surface area contributed by atoms with Gasteiger partial charge in [0.15, 0.2) is 0 Å². The van der Waals surface area contributed by atoms with Gasteiger partial charge >= 0.3 is 0 Å². The number of morpholine rings is 1. The van der Waals surface area contributed by atoms with E-state index in [9.17, 15) is 0 Å². The number of imidazole rings is 1. The summed E-state index contributed by atoms with van der Waals surface area (Å²) in [6.07, 6.45) is 9.93. The zero-order valence-corrected chi connectivity index (χ0v) is 16.8. The first-order valence-electron chi connectivity index (χ1n) is 10.5. The van der Waals surface area contributed by atoms with Gasteiger partial charge in [-0.1, -0.05) is 0 Å². The van der Waals surface area contributed by atoms with Crippen molar-refractivity contribution in [2.24, 2.45) is 0 Å². The minimum Gasteiger partial charge on any atom is -0.377 e. The highest BCUT2D eigenvalue weighted by Gasteiger charge is 2.28. The number of hydrogen-bond acceptors (Lipinski definition) is 6. The number of ether oxygens (including phenoxy) is 1. The van der Waals surface area contributed by atoms with Crippen molar-refractivity contribution < 1.29 is 4.74 Å². The second-order valence-corrected chi connectivity index (χ2v) is 8.09. The number of nitrogens with zero attached hydrogens (tertiary/aromatic N) is 6. The van der Waals surface area contributed by atoms with Crippen LogP contribution in [0.3, 0.4) is 0 Å². The van der Waals surface area contributed by atoms with E-state index in [1.54, 1.807) is 6.20 Å². The smallest absolute Gasteiger partial charge is 0.130 e. The van der Waals surface area contributed by atoms with E-state index in [2.05, 4.69) is 42.6 Å². The standard InChI is InChI=1S/C22H23N7O/c1-14-12-30-9-8-28(14)20-10-17(19-11-23-13-29(19)15-2-3-15)16-4-6-24-22(21(16)26-20)18-5-7-25-27-18/h4-7,10-11,13-15H,2-3,8-9,12H2,1H3,(H,25,27)/t14-/m1/s1.